The molecule has 9 nitrogen and oxygen atoms in total. The maximum atomic E-state index is 13.3. The van der Waals surface area contributed by atoms with Crippen molar-refractivity contribution in [1.82, 2.24) is 19.1 Å². The number of benzene rings is 1. The zero-order valence-corrected chi connectivity index (χ0v) is 21.1. The number of fused-ring (bicyclic) bond motifs is 2. The number of nitrogens with one attached hydrogen (secondary N) is 1. The van der Waals surface area contributed by atoms with Gasteiger partial charge in [0.2, 0.25) is 10.0 Å². The Morgan fingerprint density at radius 1 is 1.18 bits per heavy atom. The van der Waals surface area contributed by atoms with Crippen LogP contribution in [0.2, 0.25) is 5.02 Å². The van der Waals surface area contributed by atoms with Crippen molar-refractivity contribution in [1.29, 1.82) is 0 Å². The predicted octanol–water partition coefficient (Wildman–Crippen LogP) is 4.35. The topological polar surface area (TPSA) is 129 Å². The smallest absolute Gasteiger partial charge is 0.458 e. The Labute approximate surface area is 221 Å². The summed E-state index contributed by atoms with van der Waals surface area (Å²) in [4.78, 5) is 18.0. The van der Waals surface area contributed by atoms with Crippen molar-refractivity contribution >= 4 is 39.1 Å². The molecule has 0 spiro atoms. The van der Waals surface area contributed by atoms with Gasteiger partial charge in [-0.3, -0.25) is 4.40 Å². The summed E-state index contributed by atoms with van der Waals surface area (Å²) in [7, 11) is -4.30. The minimum absolute atomic E-state index is 0.0719. The van der Waals surface area contributed by atoms with Crippen LogP contribution in [0.4, 0.5) is 32.2 Å². The summed E-state index contributed by atoms with van der Waals surface area (Å²) in [6, 6.07) is 3.82. The van der Waals surface area contributed by atoms with Gasteiger partial charge in [-0.2, -0.15) is 26.3 Å². The maximum absolute atomic E-state index is 13.3. The molecule has 2 aromatic heterocycles. The van der Waals surface area contributed by atoms with E-state index in [1.165, 1.54) is 24.4 Å². The summed E-state index contributed by atoms with van der Waals surface area (Å²) < 4.78 is 112. The molecule has 0 amide bonds. The van der Waals surface area contributed by atoms with Gasteiger partial charge in [0.05, 0.1) is 23.5 Å². The van der Waals surface area contributed by atoms with Gasteiger partial charge in [-0.05, 0) is 37.8 Å². The van der Waals surface area contributed by atoms with Gasteiger partial charge < -0.3 is 10.5 Å². The first-order valence-corrected chi connectivity index (χ1v) is 13.1. The fourth-order valence-electron chi connectivity index (χ4n) is 5.41. The molecule has 0 aliphatic heterocycles. The van der Waals surface area contributed by atoms with E-state index in [0.717, 1.165) is 4.40 Å². The number of carbonyl (C=O) groups excluding carboxylic acids is 1. The van der Waals surface area contributed by atoms with Crippen LogP contribution >= 0.6 is 11.6 Å². The second-order valence-corrected chi connectivity index (χ2v) is 11.9. The van der Waals surface area contributed by atoms with Gasteiger partial charge in [-0.25, -0.2) is 27.9 Å². The Morgan fingerprint density at radius 3 is 2.51 bits per heavy atom. The Bertz CT molecular complexity index is 1600. The number of sulfonamides is 1. The fourth-order valence-corrected chi connectivity index (χ4v) is 7.37. The standard InChI is InChI=1S/C22H18ClF6N5O4S/c23-12-2-1-11(13-6-31-17-16(30)32-15(7-34(13)17)21(24,25)26)5-14(12)39(36,37)33-20-4-3-19(8-20,9-20)10-38-18(35)22(27,28)29/h1-2,5-7,33H,3-4,8-10H2,(H2,30,32). The number of alkyl halides is 6. The molecular formula is C22H18ClF6N5O4S. The number of rotatable bonds is 6. The molecule has 2 bridgehead atoms. The quantitative estimate of drug-likeness (QED) is 0.319. The lowest BCUT2D eigenvalue weighted by atomic mass is 9.66. The second-order valence-electron chi connectivity index (χ2n) is 9.80. The van der Waals surface area contributed by atoms with E-state index in [4.69, 9.17) is 17.3 Å². The molecule has 3 N–H and O–H groups in total. The number of hydrogen-bond acceptors (Lipinski definition) is 7. The third-order valence-corrected chi connectivity index (χ3v) is 9.04. The van der Waals surface area contributed by atoms with E-state index >= 15 is 0 Å². The number of halogens is 7. The first-order chi connectivity index (χ1) is 17.9. The molecule has 0 radical (unpaired) electrons. The fraction of sp³-hybridized carbons (Fsp3) is 0.409. The normalized spacial score (nSPS) is 23.2. The van der Waals surface area contributed by atoms with E-state index in [0.29, 0.717) is 19.0 Å². The maximum Gasteiger partial charge on any atom is 0.490 e. The van der Waals surface area contributed by atoms with E-state index in [-0.39, 0.29) is 39.7 Å². The molecule has 210 valence electrons. The number of carbonyl (C=O) groups is 1. The monoisotopic (exact) mass is 597 g/mol. The molecule has 3 aliphatic carbocycles. The summed E-state index contributed by atoms with van der Waals surface area (Å²) in [6.07, 6.45) is -7.09. The molecule has 3 aromatic rings. The van der Waals surface area contributed by atoms with Crippen LogP contribution in [0.5, 0.6) is 0 Å². The number of nitrogen functional groups attached to an aromatic ring is 1. The number of anilines is 1. The average Bonchev–Trinajstić information content (AvgIpc) is 3.48. The number of nitrogens with zero attached hydrogens (tertiary/aromatic N) is 3. The van der Waals surface area contributed by atoms with Crippen LogP contribution in [0.25, 0.3) is 16.9 Å². The molecular weight excluding hydrogens is 580 g/mol. The molecule has 0 unspecified atom stereocenters. The molecule has 3 aliphatic rings. The zero-order chi connectivity index (χ0) is 28.6. The molecule has 17 heteroatoms. The Morgan fingerprint density at radius 2 is 1.87 bits per heavy atom. The minimum Gasteiger partial charge on any atom is -0.458 e. The third-order valence-electron chi connectivity index (χ3n) is 6.98. The molecule has 1 aromatic carbocycles. The van der Waals surface area contributed by atoms with Crippen LogP contribution in [-0.4, -0.2) is 47.1 Å². The molecule has 39 heavy (non-hydrogen) atoms. The van der Waals surface area contributed by atoms with Crippen LogP contribution in [0.15, 0.2) is 35.5 Å². The highest BCUT2D eigenvalue weighted by Crippen LogP contribution is 2.62. The number of aromatic nitrogens is 3. The Hall–Kier alpha value is -3.11. The number of nitrogens with two attached hydrogens (primary N) is 1. The molecule has 2 heterocycles. The average molecular weight is 598 g/mol. The lowest BCUT2D eigenvalue weighted by molar-refractivity contribution is -0.204. The van der Waals surface area contributed by atoms with E-state index in [1.807, 2.05) is 0 Å². The van der Waals surface area contributed by atoms with Crippen molar-refractivity contribution in [3.63, 3.8) is 0 Å². The van der Waals surface area contributed by atoms with Gasteiger partial charge in [0, 0.05) is 22.7 Å². The number of imidazole rings is 1. The molecule has 0 atom stereocenters. The second kappa shape index (κ2) is 8.69. The van der Waals surface area contributed by atoms with E-state index < -0.39 is 57.4 Å². The highest BCUT2D eigenvalue weighted by molar-refractivity contribution is 7.89. The summed E-state index contributed by atoms with van der Waals surface area (Å²) in [5, 5.41) is -0.170. The highest BCUT2D eigenvalue weighted by Gasteiger charge is 2.63. The van der Waals surface area contributed by atoms with Crippen LogP contribution < -0.4 is 10.5 Å². The van der Waals surface area contributed by atoms with Gasteiger partial charge in [0.25, 0.3) is 0 Å². The summed E-state index contributed by atoms with van der Waals surface area (Å²) >= 11 is 6.18. The summed E-state index contributed by atoms with van der Waals surface area (Å²) in [5.41, 5.74) is 2.82. The van der Waals surface area contributed by atoms with Gasteiger partial charge in [-0.1, -0.05) is 17.7 Å². The minimum atomic E-state index is -5.13. The van der Waals surface area contributed by atoms with Gasteiger partial charge >= 0.3 is 18.3 Å². The predicted molar refractivity (Wildman–Crippen MR) is 124 cm³/mol. The van der Waals surface area contributed by atoms with Crippen LogP contribution in [0.3, 0.4) is 0 Å². The Kier molecular flexibility index (Phi) is 6.12. The van der Waals surface area contributed by atoms with Crippen molar-refractivity contribution in [3.8, 4) is 11.3 Å². The van der Waals surface area contributed by atoms with E-state index in [2.05, 4.69) is 19.4 Å². The summed E-state index contributed by atoms with van der Waals surface area (Å²) in [6.45, 7) is -0.489. The van der Waals surface area contributed by atoms with Crippen molar-refractivity contribution in [3.05, 3.63) is 41.3 Å². The van der Waals surface area contributed by atoms with Gasteiger partial charge in [-0.15, -0.1) is 0 Å². The van der Waals surface area contributed by atoms with Gasteiger partial charge in [0.15, 0.2) is 17.2 Å². The molecule has 3 saturated carbocycles. The van der Waals surface area contributed by atoms with Crippen LogP contribution in [-0.2, 0) is 25.7 Å². The van der Waals surface area contributed by atoms with Crippen molar-refractivity contribution in [2.75, 3.05) is 12.3 Å². The number of esters is 1. The lowest BCUT2D eigenvalue weighted by Gasteiger charge is -2.47. The number of hydrogen-bond donors (Lipinski definition) is 2. The van der Waals surface area contributed by atoms with Crippen LogP contribution in [0.1, 0.15) is 31.4 Å². The van der Waals surface area contributed by atoms with Crippen molar-refractivity contribution in [2.24, 2.45) is 5.41 Å². The van der Waals surface area contributed by atoms with Gasteiger partial charge in [0.1, 0.15) is 4.90 Å². The van der Waals surface area contributed by atoms with E-state index in [1.54, 1.807) is 0 Å². The van der Waals surface area contributed by atoms with Crippen molar-refractivity contribution < 1.29 is 44.3 Å². The lowest BCUT2D eigenvalue weighted by Crippen LogP contribution is -2.56. The van der Waals surface area contributed by atoms with E-state index in [9.17, 15) is 39.6 Å². The van der Waals surface area contributed by atoms with Crippen LogP contribution in [0, 0.1) is 5.41 Å². The SMILES string of the molecule is Nc1nc(C(F)(F)F)cn2c(-c3ccc(Cl)c(S(=O)(=O)NC45CCC(COC(=O)C(F)(F)F)(C4)C5)c3)cnc12. The zero-order valence-electron chi connectivity index (χ0n) is 19.5. The first kappa shape index (κ1) is 27.5. The summed E-state index contributed by atoms with van der Waals surface area (Å²) in [5.74, 6) is -2.79. The molecule has 3 fully saturated rings. The Balaban J connectivity index is 1.40. The highest BCUT2D eigenvalue weighted by atomic mass is 35.5. The number of ether oxygens (including phenoxy) is 1. The molecule has 6 rings (SSSR count). The van der Waals surface area contributed by atoms with Crippen molar-refractivity contribution in [2.45, 2.75) is 48.5 Å². The third kappa shape index (κ3) is 4.89. The largest absolute Gasteiger partial charge is 0.490 e. The first-order valence-electron chi connectivity index (χ1n) is 11.2. The molecule has 0 saturated heterocycles.